The Morgan fingerprint density at radius 3 is 3.00 bits per heavy atom. The van der Waals surface area contributed by atoms with Gasteiger partial charge in [0, 0.05) is 24.5 Å². The molecule has 0 fully saturated rings. The molecule has 0 saturated carbocycles. The van der Waals surface area contributed by atoms with Crippen LogP contribution in [0.2, 0.25) is 0 Å². The highest BCUT2D eigenvalue weighted by atomic mass is 16.1. The second-order valence-electron chi connectivity index (χ2n) is 5.36. The van der Waals surface area contributed by atoms with Crippen molar-refractivity contribution in [1.29, 1.82) is 5.26 Å². The Labute approximate surface area is 126 Å². The average molecular weight is 283 g/mol. The first kappa shape index (κ1) is 15.1. The van der Waals surface area contributed by atoms with Crippen molar-refractivity contribution in [3.8, 4) is 6.07 Å². The molecule has 0 aromatic heterocycles. The highest BCUT2D eigenvalue weighted by molar-refractivity contribution is 5.97. The van der Waals surface area contributed by atoms with Crippen LogP contribution in [0.5, 0.6) is 0 Å². The summed E-state index contributed by atoms with van der Waals surface area (Å²) in [6, 6.07) is 10.2. The maximum atomic E-state index is 12.1. The summed E-state index contributed by atoms with van der Waals surface area (Å²) in [5.41, 5.74) is 2.51. The van der Waals surface area contributed by atoms with Crippen LogP contribution in [0.15, 0.2) is 36.0 Å². The Morgan fingerprint density at radius 1 is 1.52 bits per heavy atom. The molecule has 1 atom stereocenters. The van der Waals surface area contributed by atoms with Gasteiger partial charge in [-0.1, -0.05) is 25.1 Å². The van der Waals surface area contributed by atoms with E-state index in [4.69, 9.17) is 0 Å². The van der Waals surface area contributed by atoms with E-state index in [2.05, 4.69) is 11.4 Å². The van der Waals surface area contributed by atoms with Gasteiger partial charge < -0.3 is 10.2 Å². The van der Waals surface area contributed by atoms with Crippen molar-refractivity contribution >= 4 is 11.6 Å². The summed E-state index contributed by atoms with van der Waals surface area (Å²) in [6.07, 6.45) is 4.59. The van der Waals surface area contributed by atoms with E-state index in [-0.39, 0.29) is 17.5 Å². The third-order valence-corrected chi connectivity index (χ3v) is 3.79. The van der Waals surface area contributed by atoms with Crippen molar-refractivity contribution in [1.82, 2.24) is 5.32 Å². The number of fused-ring (bicyclic) bond motifs is 1. The Bertz CT molecular complexity index is 586. The largest absolute Gasteiger partial charge is 0.349 e. The minimum absolute atomic E-state index is 0.0721. The molecule has 110 valence electrons. The quantitative estimate of drug-likeness (QED) is 0.683. The molecule has 1 aliphatic heterocycles. The van der Waals surface area contributed by atoms with E-state index >= 15 is 0 Å². The van der Waals surface area contributed by atoms with Crippen LogP contribution in [0.1, 0.15) is 32.3 Å². The second kappa shape index (κ2) is 6.94. The zero-order valence-corrected chi connectivity index (χ0v) is 12.6. The van der Waals surface area contributed by atoms with Crippen LogP contribution in [0.3, 0.4) is 0 Å². The van der Waals surface area contributed by atoms with Gasteiger partial charge in [0.2, 0.25) is 0 Å². The van der Waals surface area contributed by atoms with Gasteiger partial charge in [-0.3, -0.25) is 4.79 Å². The van der Waals surface area contributed by atoms with Gasteiger partial charge >= 0.3 is 0 Å². The summed E-state index contributed by atoms with van der Waals surface area (Å²) in [7, 11) is 0. The van der Waals surface area contributed by atoms with E-state index in [0.717, 1.165) is 31.5 Å². The van der Waals surface area contributed by atoms with Crippen molar-refractivity contribution in [3.63, 3.8) is 0 Å². The molecule has 1 aliphatic rings. The van der Waals surface area contributed by atoms with Crippen LogP contribution in [-0.4, -0.2) is 18.5 Å². The lowest BCUT2D eigenvalue weighted by Crippen LogP contribution is -2.34. The van der Waals surface area contributed by atoms with E-state index in [1.807, 2.05) is 43.0 Å². The Kier molecular flexibility index (Phi) is 4.99. The maximum absolute atomic E-state index is 12.1. The zero-order chi connectivity index (χ0) is 15.2. The third kappa shape index (κ3) is 3.63. The van der Waals surface area contributed by atoms with E-state index in [9.17, 15) is 10.1 Å². The van der Waals surface area contributed by atoms with Gasteiger partial charge in [0.15, 0.2) is 0 Å². The summed E-state index contributed by atoms with van der Waals surface area (Å²) in [5.74, 6) is -0.296. The van der Waals surface area contributed by atoms with Gasteiger partial charge in [-0.2, -0.15) is 5.26 Å². The van der Waals surface area contributed by atoms with Crippen LogP contribution in [-0.2, 0) is 11.2 Å². The molecule has 1 aromatic carbocycles. The third-order valence-electron chi connectivity index (χ3n) is 3.79. The molecule has 1 amide bonds. The number of nitrogens with zero attached hydrogens (tertiary/aromatic N) is 2. The Balaban J connectivity index is 2.22. The summed E-state index contributed by atoms with van der Waals surface area (Å²) < 4.78 is 0. The number of rotatable bonds is 4. The van der Waals surface area contributed by atoms with Gasteiger partial charge in [-0.05, 0) is 37.8 Å². The van der Waals surface area contributed by atoms with Crippen molar-refractivity contribution in [2.75, 3.05) is 11.4 Å². The van der Waals surface area contributed by atoms with Crippen LogP contribution < -0.4 is 10.2 Å². The van der Waals surface area contributed by atoms with Crippen LogP contribution in [0, 0.1) is 11.3 Å². The van der Waals surface area contributed by atoms with Crippen molar-refractivity contribution in [3.05, 3.63) is 41.6 Å². The predicted molar refractivity (Wildman–Crippen MR) is 83.7 cm³/mol. The lowest BCUT2D eigenvalue weighted by molar-refractivity contribution is -0.117. The summed E-state index contributed by atoms with van der Waals surface area (Å²) in [5, 5.41) is 12.1. The minimum Gasteiger partial charge on any atom is -0.349 e. The number of aryl methyl sites for hydroxylation is 1. The Morgan fingerprint density at radius 2 is 2.29 bits per heavy atom. The number of carbonyl (C=O) groups excluding carboxylic acids is 1. The smallest absolute Gasteiger partial charge is 0.263 e. The number of hydrogen-bond donors (Lipinski definition) is 1. The molecule has 1 N–H and O–H groups in total. The first-order valence-electron chi connectivity index (χ1n) is 7.43. The number of anilines is 1. The normalized spacial score (nSPS) is 15.9. The molecule has 4 heteroatoms. The SMILES string of the molecule is CCC(C)NC(=O)/C(C#N)=C\N1CCCc2ccccc21. The molecular weight excluding hydrogens is 262 g/mol. The highest BCUT2D eigenvalue weighted by Gasteiger charge is 2.18. The van der Waals surface area contributed by atoms with Gasteiger partial charge in [-0.15, -0.1) is 0 Å². The predicted octanol–water partition coefficient (Wildman–Crippen LogP) is 2.76. The van der Waals surface area contributed by atoms with Crippen molar-refractivity contribution in [2.45, 2.75) is 39.2 Å². The number of carbonyl (C=O) groups is 1. The van der Waals surface area contributed by atoms with Gasteiger partial charge in [0.1, 0.15) is 11.6 Å². The fourth-order valence-corrected chi connectivity index (χ4v) is 2.39. The summed E-state index contributed by atoms with van der Waals surface area (Å²) >= 11 is 0. The zero-order valence-electron chi connectivity index (χ0n) is 12.6. The first-order valence-corrected chi connectivity index (χ1v) is 7.43. The number of hydrogen-bond acceptors (Lipinski definition) is 3. The van der Waals surface area contributed by atoms with E-state index in [1.54, 1.807) is 6.20 Å². The molecule has 0 bridgehead atoms. The lowest BCUT2D eigenvalue weighted by Gasteiger charge is -2.28. The lowest BCUT2D eigenvalue weighted by atomic mass is 10.0. The molecule has 21 heavy (non-hydrogen) atoms. The van der Waals surface area contributed by atoms with Gasteiger partial charge in [-0.25, -0.2) is 0 Å². The molecule has 1 heterocycles. The number of nitriles is 1. The number of nitrogens with one attached hydrogen (secondary N) is 1. The standard InChI is InChI=1S/C17H21N3O/c1-3-13(2)19-17(21)15(11-18)12-20-10-6-8-14-7-4-5-9-16(14)20/h4-5,7,9,12-13H,3,6,8,10H2,1-2H3,(H,19,21)/b15-12-. The highest BCUT2D eigenvalue weighted by Crippen LogP contribution is 2.27. The second-order valence-corrected chi connectivity index (χ2v) is 5.36. The molecule has 0 spiro atoms. The van der Waals surface area contributed by atoms with Crippen molar-refractivity contribution in [2.24, 2.45) is 0 Å². The van der Waals surface area contributed by atoms with Gasteiger partial charge in [0.25, 0.3) is 5.91 Å². The average Bonchev–Trinajstić information content (AvgIpc) is 2.52. The molecular formula is C17H21N3O. The maximum Gasteiger partial charge on any atom is 0.263 e. The molecule has 4 nitrogen and oxygen atoms in total. The molecule has 0 aliphatic carbocycles. The molecule has 0 radical (unpaired) electrons. The fraction of sp³-hybridized carbons (Fsp3) is 0.412. The fourth-order valence-electron chi connectivity index (χ4n) is 2.39. The van der Waals surface area contributed by atoms with Crippen LogP contribution >= 0.6 is 0 Å². The molecule has 2 rings (SSSR count). The number of para-hydroxylation sites is 1. The van der Waals surface area contributed by atoms with Crippen LogP contribution in [0.4, 0.5) is 5.69 Å². The topological polar surface area (TPSA) is 56.1 Å². The molecule has 1 aromatic rings. The van der Waals surface area contributed by atoms with Crippen molar-refractivity contribution < 1.29 is 4.79 Å². The summed E-state index contributed by atoms with van der Waals surface area (Å²) in [6.45, 7) is 4.77. The van der Waals surface area contributed by atoms with E-state index < -0.39 is 0 Å². The van der Waals surface area contributed by atoms with Gasteiger partial charge in [0.05, 0.1) is 0 Å². The van der Waals surface area contributed by atoms with Crippen LogP contribution in [0.25, 0.3) is 0 Å². The summed E-state index contributed by atoms with van der Waals surface area (Å²) in [4.78, 5) is 14.1. The number of amides is 1. The number of benzene rings is 1. The monoisotopic (exact) mass is 283 g/mol. The first-order chi connectivity index (χ1) is 10.2. The molecule has 0 saturated heterocycles. The van der Waals surface area contributed by atoms with E-state index in [1.165, 1.54) is 5.56 Å². The Hall–Kier alpha value is -2.28. The van der Waals surface area contributed by atoms with E-state index in [0.29, 0.717) is 0 Å². The molecule has 1 unspecified atom stereocenters. The minimum atomic E-state index is -0.296.